The molecule has 0 aliphatic carbocycles. The smallest absolute Gasteiger partial charge is 0.224 e. The van der Waals surface area contributed by atoms with E-state index < -0.39 is 0 Å². The Kier molecular flexibility index (Phi) is 4.96. The molecule has 0 spiro atoms. The molecule has 0 bridgehead atoms. The largest absolute Gasteiger partial charge is 0.355 e. The van der Waals surface area contributed by atoms with Gasteiger partial charge in [0.15, 0.2) is 0 Å². The first-order chi connectivity index (χ1) is 6.24. The van der Waals surface area contributed by atoms with E-state index in [1.165, 1.54) is 18.6 Å². The van der Waals surface area contributed by atoms with Crippen molar-refractivity contribution in [1.29, 1.82) is 0 Å². The molecule has 0 aromatic carbocycles. The molecule has 1 fully saturated rings. The standard InChI is InChI=1S/C9H16ClNOS/c1-7(5-10)9(12)11-6-8-3-2-4-13-8/h7-8H,2-6H2,1H3,(H,11,12). The fourth-order valence-electron chi connectivity index (χ4n) is 1.26. The number of thioether (sulfide) groups is 1. The number of hydrogen-bond acceptors (Lipinski definition) is 2. The zero-order valence-electron chi connectivity index (χ0n) is 7.88. The van der Waals surface area contributed by atoms with E-state index in [1.54, 1.807) is 0 Å². The molecule has 2 atom stereocenters. The maximum absolute atomic E-state index is 11.3. The van der Waals surface area contributed by atoms with Crippen LogP contribution in [0.1, 0.15) is 19.8 Å². The summed E-state index contributed by atoms with van der Waals surface area (Å²) in [5.41, 5.74) is 0. The van der Waals surface area contributed by atoms with Crippen LogP contribution in [0.25, 0.3) is 0 Å². The number of halogens is 1. The summed E-state index contributed by atoms with van der Waals surface area (Å²) < 4.78 is 0. The third-order valence-electron chi connectivity index (χ3n) is 2.21. The van der Waals surface area contributed by atoms with Crippen molar-refractivity contribution >= 4 is 29.3 Å². The van der Waals surface area contributed by atoms with Crippen LogP contribution in [-0.4, -0.2) is 29.3 Å². The molecule has 0 aromatic heterocycles. The molecule has 2 unspecified atom stereocenters. The molecular weight excluding hydrogens is 206 g/mol. The van der Waals surface area contributed by atoms with Gasteiger partial charge in [-0.05, 0) is 18.6 Å². The van der Waals surface area contributed by atoms with Gasteiger partial charge in [0.1, 0.15) is 0 Å². The van der Waals surface area contributed by atoms with Gasteiger partial charge < -0.3 is 5.32 Å². The first-order valence-corrected chi connectivity index (χ1v) is 6.27. The number of hydrogen-bond donors (Lipinski definition) is 1. The van der Waals surface area contributed by atoms with Crippen LogP contribution in [0, 0.1) is 5.92 Å². The van der Waals surface area contributed by atoms with Gasteiger partial charge in [-0.2, -0.15) is 11.8 Å². The van der Waals surface area contributed by atoms with Crippen LogP contribution in [-0.2, 0) is 4.79 Å². The molecule has 0 aromatic rings. The van der Waals surface area contributed by atoms with Crippen LogP contribution < -0.4 is 5.32 Å². The van der Waals surface area contributed by atoms with E-state index in [1.807, 2.05) is 18.7 Å². The van der Waals surface area contributed by atoms with Crippen LogP contribution in [0.15, 0.2) is 0 Å². The second-order valence-electron chi connectivity index (χ2n) is 3.44. The molecule has 2 nitrogen and oxygen atoms in total. The van der Waals surface area contributed by atoms with E-state index in [0.717, 1.165) is 6.54 Å². The zero-order chi connectivity index (χ0) is 9.68. The summed E-state index contributed by atoms with van der Waals surface area (Å²) in [5.74, 6) is 1.67. The van der Waals surface area contributed by atoms with Gasteiger partial charge in [0.2, 0.25) is 5.91 Å². The van der Waals surface area contributed by atoms with Crippen LogP contribution in [0.5, 0.6) is 0 Å². The summed E-state index contributed by atoms with van der Waals surface area (Å²) in [7, 11) is 0. The molecule has 13 heavy (non-hydrogen) atoms. The van der Waals surface area contributed by atoms with Gasteiger partial charge in [0, 0.05) is 23.6 Å². The molecule has 1 aliphatic heterocycles. The van der Waals surface area contributed by atoms with Gasteiger partial charge >= 0.3 is 0 Å². The molecule has 1 saturated heterocycles. The summed E-state index contributed by atoms with van der Waals surface area (Å²) in [6.45, 7) is 2.66. The van der Waals surface area contributed by atoms with E-state index in [0.29, 0.717) is 11.1 Å². The quantitative estimate of drug-likeness (QED) is 0.735. The molecule has 0 radical (unpaired) electrons. The second kappa shape index (κ2) is 5.76. The van der Waals surface area contributed by atoms with E-state index in [9.17, 15) is 4.79 Å². The first-order valence-electron chi connectivity index (χ1n) is 4.69. The Morgan fingerprint density at radius 3 is 3.08 bits per heavy atom. The fourth-order valence-corrected chi connectivity index (χ4v) is 2.61. The summed E-state index contributed by atoms with van der Waals surface area (Å²) >= 11 is 7.53. The predicted molar refractivity (Wildman–Crippen MR) is 58.4 cm³/mol. The Bertz CT molecular complexity index is 171. The topological polar surface area (TPSA) is 29.1 Å². The number of carbonyl (C=O) groups excluding carboxylic acids is 1. The molecule has 1 rings (SSSR count). The Hall–Kier alpha value is 0.110. The summed E-state index contributed by atoms with van der Waals surface area (Å²) in [6.07, 6.45) is 2.52. The van der Waals surface area contributed by atoms with Crippen molar-refractivity contribution in [2.75, 3.05) is 18.2 Å². The Morgan fingerprint density at radius 1 is 1.77 bits per heavy atom. The third-order valence-corrected chi connectivity index (χ3v) is 4.07. The van der Waals surface area contributed by atoms with Gasteiger partial charge in [0.25, 0.3) is 0 Å². The molecule has 1 amide bonds. The normalized spacial score (nSPS) is 24.3. The van der Waals surface area contributed by atoms with Crippen molar-refractivity contribution in [1.82, 2.24) is 5.32 Å². The SMILES string of the molecule is CC(CCl)C(=O)NCC1CCCS1. The van der Waals surface area contributed by atoms with Crippen molar-refractivity contribution in [2.24, 2.45) is 5.92 Å². The van der Waals surface area contributed by atoms with E-state index in [4.69, 9.17) is 11.6 Å². The van der Waals surface area contributed by atoms with Crippen molar-refractivity contribution in [2.45, 2.75) is 25.0 Å². The minimum Gasteiger partial charge on any atom is -0.355 e. The number of rotatable bonds is 4. The van der Waals surface area contributed by atoms with Crippen molar-refractivity contribution in [3.63, 3.8) is 0 Å². The number of nitrogens with one attached hydrogen (secondary N) is 1. The molecule has 1 aliphatic rings. The van der Waals surface area contributed by atoms with E-state index >= 15 is 0 Å². The van der Waals surface area contributed by atoms with Gasteiger partial charge in [0.05, 0.1) is 0 Å². The van der Waals surface area contributed by atoms with Crippen LogP contribution >= 0.6 is 23.4 Å². The minimum absolute atomic E-state index is 0.0620. The zero-order valence-corrected chi connectivity index (χ0v) is 9.46. The lowest BCUT2D eigenvalue weighted by molar-refractivity contribution is -0.123. The van der Waals surface area contributed by atoms with Crippen molar-refractivity contribution in [3.8, 4) is 0 Å². The first kappa shape index (κ1) is 11.2. The van der Waals surface area contributed by atoms with E-state index in [-0.39, 0.29) is 11.8 Å². The molecule has 1 heterocycles. The molecule has 1 N–H and O–H groups in total. The lowest BCUT2D eigenvalue weighted by Gasteiger charge is -2.12. The monoisotopic (exact) mass is 221 g/mol. The molecule has 0 saturated carbocycles. The highest BCUT2D eigenvalue weighted by molar-refractivity contribution is 8.00. The second-order valence-corrected chi connectivity index (χ2v) is 5.15. The Balaban J connectivity index is 2.13. The van der Waals surface area contributed by atoms with E-state index in [2.05, 4.69) is 5.32 Å². The van der Waals surface area contributed by atoms with Gasteiger partial charge in [-0.3, -0.25) is 4.79 Å². The maximum atomic E-state index is 11.3. The van der Waals surface area contributed by atoms with Crippen molar-refractivity contribution in [3.05, 3.63) is 0 Å². The predicted octanol–water partition coefficient (Wildman–Crippen LogP) is 1.87. The van der Waals surface area contributed by atoms with Gasteiger partial charge in [-0.25, -0.2) is 0 Å². The van der Waals surface area contributed by atoms with Crippen LogP contribution in [0.2, 0.25) is 0 Å². The summed E-state index contributed by atoms with van der Waals surface area (Å²) in [5, 5.41) is 3.56. The van der Waals surface area contributed by atoms with Gasteiger partial charge in [-0.1, -0.05) is 6.92 Å². The highest BCUT2D eigenvalue weighted by atomic mass is 35.5. The average molecular weight is 222 g/mol. The third kappa shape index (κ3) is 3.77. The van der Waals surface area contributed by atoms with Crippen LogP contribution in [0.4, 0.5) is 0 Å². The number of alkyl halides is 1. The fraction of sp³-hybridized carbons (Fsp3) is 0.889. The number of amides is 1. The van der Waals surface area contributed by atoms with Crippen LogP contribution in [0.3, 0.4) is 0 Å². The molecule has 4 heteroatoms. The number of carbonyl (C=O) groups is 1. The highest BCUT2D eigenvalue weighted by Crippen LogP contribution is 2.25. The molecular formula is C9H16ClNOS. The lowest BCUT2D eigenvalue weighted by atomic mass is 10.2. The maximum Gasteiger partial charge on any atom is 0.224 e. The van der Waals surface area contributed by atoms with Crippen molar-refractivity contribution < 1.29 is 4.79 Å². The Morgan fingerprint density at radius 2 is 2.54 bits per heavy atom. The molecule has 76 valence electrons. The average Bonchev–Trinajstić information content (AvgIpc) is 2.65. The minimum atomic E-state index is -0.0620. The van der Waals surface area contributed by atoms with Gasteiger partial charge in [-0.15, -0.1) is 11.6 Å². The summed E-state index contributed by atoms with van der Waals surface area (Å²) in [4.78, 5) is 11.3. The lowest BCUT2D eigenvalue weighted by Crippen LogP contribution is -2.34. The Labute approximate surface area is 88.8 Å². The summed E-state index contributed by atoms with van der Waals surface area (Å²) in [6, 6.07) is 0. The highest BCUT2D eigenvalue weighted by Gasteiger charge is 2.17.